The van der Waals surface area contributed by atoms with Crippen molar-refractivity contribution in [2.24, 2.45) is 0 Å². The zero-order valence-electron chi connectivity index (χ0n) is 17.7. The average molecular weight is 435 g/mol. The molecule has 1 aromatic heterocycles. The van der Waals surface area contributed by atoms with Crippen LogP contribution in [0.5, 0.6) is 11.5 Å². The number of nitrogens with zero attached hydrogens (tertiary/aromatic N) is 2. The normalized spacial score (nSPS) is 17.1. The summed E-state index contributed by atoms with van der Waals surface area (Å²) in [5.74, 6) is 1.91. The summed E-state index contributed by atoms with van der Waals surface area (Å²) in [6.45, 7) is 1.66. The highest BCUT2D eigenvalue weighted by Crippen LogP contribution is 2.32. The van der Waals surface area contributed by atoms with Gasteiger partial charge in [0.05, 0.1) is 23.6 Å². The first kappa shape index (κ1) is 20.5. The van der Waals surface area contributed by atoms with Crippen molar-refractivity contribution in [2.75, 3.05) is 19.9 Å². The van der Waals surface area contributed by atoms with Gasteiger partial charge in [0, 0.05) is 19.6 Å². The molecule has 0 saturated carbocycles. The minimum absolute atomic E-state index is 0.00558. The number of amides is 1. The van der Waals surface area contributed by atoms with Crippen LogP contribution in [-0.2, 0) is 22.5 Å². The standard InChI is InChI=1S/C24H25N3O5/c28-23(10-8-16-7-9-20-21(12-16)32-15-31-20)27(13-17-4-3-11-30-17)14-22-25-19-6-2-1-5-18(19)24(29)26-22/h1-2,5-7,9,12,17H,3-4,8,10-11,13-15H2,(H,25,26,29). The molecule has 2 aliphatic rings. The number of aryl methyl sites for hydroxylation is 1. The van der Waals surface area contributed by atoms with E-state index in [-0.39, 0.29) is 30.9 Å². The van der Waals surface area contributed by atoms with Crippen molar-refractivity contribution in [2.45, 2.75) is 38.3 Å². The number of carbonyl (C=O) groups is 1. The van der Waals surface area contributed by atoms with Crippen LogP contribution in [0.15, 0.2) is 47.3 Å². The van der Waals surface area contributed by atoms with Gasteiger partial charge in [0.2, 0.25) is 12.7 Å². The topological polar surface area (TPSA) is 93.8 Å². The second-order valence-electron chi connectivity index (χ2n) is 8.13. The van der Waals surface area contributed by atoms with Gasteiger partial charge in [0.1, 0.15) is 5.82 Å². The highest BCUT2D eigenvalue weighted by atomic mass is 16.7. The predicted molar refractivity (Wildman–Crippen MR) is 118 cm³/mol. The van der Waals surface area contributed by atoms with Gasteiger partial charge < -0.3 is 24.1 Å². The van der Waals surface area contributed by atoms with E-state index >= 15 is 0 Å². The van der Waals surface area contributed by atoms with E-state index in [9.17, 15) is 9.59 Å². The number of benzene rings is 2. The summed E-state index contributed by atoms with van der Waals surface area (Å²) in [5, 5.41) is 0.538. The molecule has 2 aromatic carbocycles. The van der Waals surface area contributed by atoms with E-state index in [0.29, 0.717) is 41.9 Å². The van der Waals surface area contributed by atoms with Crippen LogP contribution in [0.2, 0.25) is 0 Å². The Morgan fingerprint density at radius 3 is 2.91 bits per heavy atom. The third-order valence-corrected chi connectivity index (χ3v) is 5.87. The molecule has 5 rings (SSSR count). The van der Waals surface area contributed by atoms with E-state index < -0.39 is 0 Å². The molecule has 1 fully saturated rings. The molecule has 1 atom stereocenters. The Morgan fingerprint density at radius 1 is 1.16 bits per heavy atom. The van der Waals surface area contributed by atoms with E-state index in [2.05, 4.69) is 9.97 Å². The van der Waals surface area contributed by atoms with Gasteiger partial charge in [0.25, 0.3) is 5.56 Å². The molecule has 3 aromatic rings. The number of rotatable bonds is 7. The Morgan fingerprint density at radius 2 is 2.03 bits per heavy atom. The highest BCUT2D eigenvalue weighted by Gasteiger charge is 2.24. The van der Waals surface area contributed by atoms with Crippen molar-refractivity contribution < 1.29 is 19.0 Å². The summed E-state index contributed by atoms with van der Waals surface area (Å²) in [7, 11) is 0. The number of aromatic amines is 1. The molecular formula is C24H25N3O5. The Labute approximate surface area is 185 Å². The van der Waals surface area contributed by atoms with Gasteiger partial charge in [-0.05, 0) is 49.1 Å². The van der Waals surface area contributed by atoms with Gasteiger partial charge in [-0.15, -0.1) is 0 Å². The number of H-pyrrole nitrogens is 1. The van der Waals surface area contributed by atoms with E-state index in [0.717, 1.165) is 30.8 Å². The van der Waals surface area contributed by atoms with Crippen molar-refractivity contribution in [3.05, 3.63) is 64.2 Å². The number of nitrogens with one attached hydrogen (secondary N) is 1. The van der Waals surface area contributed by atoms with Crippen LogP contribution in [0.25, 0.3) is 10.9 Å². The zero-order valence-corrected chi connectivity index (χ0v) is 17.7. The highest BCUT2D eigenvalue weighted by molar-refractivity contribution is 5.78. The van der Waals surface area contributed by atoms with Crippen LogP contribution in [0.4, 0.5) is 0 Å². The van der Waals surface area contributed by atoms with Crippen LogP contribution in [0.3, 0.4) is 0 Å². The Balaban J connectivity index is 1.32. The Bertz CT molecular complexity index is 1190. The molecule has 8 heteroatoms. The number of fused-ring (bicyclic) bond motifs is 2. The quantitative estimate of drug-likeness (QED) is 0.613. The molecule has 2 aliphatic heterocycles. The number of hydrogen-bond acceptors (Lipinski definition) is 6. The first-order valence-electron chi connectivity index (χ1n) is 10.9. The summed E-state index contributed by atoms with van der Waals surface area (Å²) in [4.78, 5) is 34.8. The van der Waals surface area contributed by atoms with Crippen LogP contribution in [-0.4, -0.2) is 46.8 Å². The van der Waals surface area contributed by atoms with Crippen LogP contribution < -0.4 is 15.0 Å². The SMILES string of the molecule is O=C(CCc1ccc2c(c1)OCO2)N(Cc1nc2ccccc2c(=O)[nH]1)CC1CCCO1. The van der Waals surface area contributed by atoms with Gasteiger partial charge in [-0.25, -0.2) is 4.98 Å². The third kappa shape index (κ3) is 4.45. The second kappa shape index (κ2) is 9.00. The van der Waals surface area contributed by atoms with Gasteiger partial charge >= 0.3 is 0 Å². The average Bonchev–Trinajstić information content (AvgIpc) is 3.48. The lowest BCUT2D eigenvalue weighted by Gasteiger charge is -2.25. The first-order chi connectivity index (χ1) is 15.7. The smallest absolute Gasteiger partial charge is 0.258 e. The van der Waals surface area contributed by atoms with Crippen molar-refractivity contribution in [3.63, 3.8) is 0 Å². The third-order valence-electron chi connectivity index (χ3n) is 5.87. The van der Waals surface area contributed by atoms with Gasteiger partial charge in [-0.3, -0.25) is 9.59 Å². The van der Waals surface area contributed by atoms with Gasteiger partial charge in [-0.2, -0.15) is 0 Å². The molecule has 0 spiro atoms. The Kier molecular flexibility index (Phi) is 5.77. The van der Waals surface area contributed by atoms with Crippen LogP contribution in [0.1, 0.15) is 30.7 Å². The fraction of sp³-hybridized carbons (Fsp3) is 0.375. The summed E-state index contributed by atoms with van der Waals surface area (Å²) in [6.07, 6.45) is 2.85. The molecule has 8 nitrogen and oxygen atoms in total. The van der Waals surface area contributed by atoms with Crippen LogP contribution >= 0.6 is 0 Å². The molecule has 166 valence electrons. The molecule has 0 aliphatic carbocycles. The summed E-state index contributed by atoms with van der Waals surface area (Å²) in [5.41, 5.74) is 1.43. The Hall–Kier alpha value is -3.39. The lowest BCUT2D eigenvalue weighted by Crippen LogP contribution is -2.38. The lowest BCUT2D eigenvalue weighted by atomic mass is 10.1. The van der Waals surface area contributed by atoms with Gasteiger partial charge in [-0.1, -0.05) is 18.2 Å². The number of aromatic nitrogens is 2. The number of ether oxygens (including phenoxy) is 3. The maximum Gasteiger partial charge on any atom is 0.258 e. The van der Waals surface area contributed by atoms with E-state index in [1.54, 1.807) is 17.0 Å². The first-order valence-corrected chi connectivity index (χ1v) is 10.9. The number of para-hydroxylation sites is 1. The molecule has 32 heavy (non-hydrogen) atoms. The van der Waals surface area contributed by atoms with Crippen molar-refractivity contribution >= 4 is 16.8 Å². The molecule has 1 amide bonds. The summed E-state index contributed by atoms with van der Waals surface area (Å²) in [6, 6.07) is 12.9. The maximum absolute atomic E-state index is 13.2. The number of carbonyl (C=O) groups excluding carboxylic acids is 1. The van der Waals surface area contributed by atoms with Crippen molar-refractivity contribution in [1.82, 2.24) is 14.9 Å². The largest absolute Gasteiger partial charge is 0.454 e. The molecule has 1 unspecified atom stereocenters. The fourth-order valence-corrected chi connectivity index (χ4v) is 4.19. The molecule has 0 radical (unpaired) electrons. The van der Waals surface area contributed by atoms with E-state index in [1.807, 2.05) is 30.3 Å². The summed E-state index contributed by atoms with van der Waals surface area (Å²) >= 11 is 0. The minimum atomic E-state index is -0.199. The maximum atomic E-state index is 13.2. The zero-order chi connectivity index (χ0) is 21.9. The molecule has 1 N–H and O–H groups in total. The molecule has 3 heterocycles. The summed E-state index contributed by atoms with van der Waals surface area (Å²) < 4.78 is 16.5. The van der Waals surface area contributed by atoms with Crippen molar-refractivity contribution in [1.29, 1.82) is 0 Å². The van der Waals surface area contributed by atoms with Gasteiger partial charge in [0.15, 0.2) is 11.5 Å². The minimum Gasteiger partial charge on any atom is -0.454 e. The van der Waals surface area contributed by atoms with E-state index in [4.69, 9.17) is 14.2 Å². The monoisotopic (exact) mass is 435 g/mol. The van der Waals surface area contributed by atoms with E-state index in [1.165, 1.54) is 0 Å². The van der Waals surface area contributed by atoms with Crippen LogP contribution in [0, 0.1) is 0 Å². The fourth-order valence-electron chi connectivity index (χ4n) is 4.19. The molecular weight excluding hydrogens is 410 g/mol. The predicted octanol–water partition coefficient (Wildman–Crippen LogP) is 2.79. The molecule has 0 bridgehead atoms. The lowest BCUT2D eigenvalue weighted by molar-refractivity contribution is -0.133. The van der Waals surface area contributed by atoms with Crippen molar-refractivity contribution in [3.8, 4) is 11.5 Å². The number of hydrogen-bond donors (Lipinski definition) is 1. The second-order valence-corrected chi connectivity index (χ2v) is 8.13. The molecule has 1 saturated heterocycles.